The standard InChI is InChI=1S/C12H11ClFN3O/c1-7-3-4-8(13)10(5-7)18-11-9(14)6-16-12(15-2)17-11/h3-6H,1-2H3,(H,15,16,17). The van der Waals surface area contributed by atoms with Crippen molar-refractivity contribution in [2.24, 2.45) is 0 Å². The highest BCUT2D eigenvalue weighted by Gasteiger charge is 2.11. The molecule has 2 rings (SSSR count). The maximum atomic E-state index is 13.5. The predicted molar refractivity (Wildman–Crippen MR) is 67.8 cm³/mol. The minimum absolute atomic E-state index is 0.165. The fourth-order valence-electron chi connectivity index (χ4n) is 1.34. The van der Waals surface area contributed by atoms with E-state index in [9.17, 15) is 4.39 Å². The smallest absolute Gasteiger partial charge is 0.260 e. The average molecular weight is 268 g/mol. The summed E-state index contributed by atoms with van der Waals surface area (Å²) in [5.74, 6) is -0.181. The highest BCUT2D eigenvalue weighted by atomic mass is 35.5. The Kier molecular flexibility index (Phi) is 3.62. The van der Waals surface area contributed by atoms with Crippen molar-refractivity contribution in [2.75, 3.05) is 12.4 Å². The zero-order valence-electron chi connectivity index (χ0n) is 9.87. The van der Waals surface area contributed by atoms with Crippen molar-refractivity contribution in [3.05, 3.63) is 40.8 Å². The van der Waals surface area contributed by atoms with Crippen molar-refractivity contribution < 1.29 is 9.13 Å². The second-order valence-electron chi connectivity index (χ2n) is 3.63. The van der Waals surface area contributed by atoms with Crippen LogP contribution in [0, 0.1) is 12.7 Å². The lowest BCUT2D eigenvalue weighted by atomic mass is 10.2. The number of rotatable bonds is 3. The Hall–Kier alpha value is -1.88. The molecule has 6 heteroatoms. The molecule has 0 atom stereocenters. The maximum absolute atomic E-state index is 13.5. The van der Waals surface area contributed by atoms with E-state index in [-0.39, 0.29) is 11.8 Å². The normalized spacial score (nSPS) is 10.2. The first-order chi connectivity index (χ1) is 8.60. The van der Waals surface area contributed by atoms with E-state index in [0.717, 1.165) is 11.8 Å². The molecule has 0 spiro atoms. The van der Waals surface area contributed by atoms with E-state index in [0.29, 0.717) is 10.8 Å². The van der Waals surface area contributed by atoms with E-state index in [2.05, 4.69) is 15.3 Å². The van der Waals surface area contributed by atoms with Gasteiger partial charge in [-0.1, -0.05) is 17.7 Å². The largest absolute Gasteiger partial charge is 0.435 e. The third-order valence-corrected chi connectivity index (χ3v) is 2.54. The van der Waals surface area contributed by atoms with Crippen LogP contribution in [0.1, 0.15) is 5.56 Å². The summed E-state index contributed by atoms with van der Waals surface area (Å²) in [4.78, 5) is 7.61. The summed E-state index contributed by atoms with van der Waals surface area (Å²) >= 11 is 5.97. The van der Waals surface area contributed by atoms with E-state index >= 15 is 0 Å². The van der Waals surface area contributed by atoms with Gasteiger partial charge in [0.15, 0.2) is 0 Å². The van der Waals surface area contributed by atoms with Crippen molar-refractivity contribution in [1.82, 2.24) is 9.97 Å². The van der Waals surface area contributed by atoms with Gasteiger partial charge in [0.05, 0.1) is 11.2 Å². The fourth-order valence-corrected chi connectivity index (χ4v) is 1.49. The molecule has 0 aliphatic rings. The Labute approximate surface area is 109 Å². The Balaban J connectivity index is 2.36. The van der Waals surface area contributed by atoms with Crippen LogP contribution in [-0.2, 0) is 0 Å². The second kappa shape index (κ2) is 5.18. The van der Waals surface area contributed by atoms with Gasteiger partial charge in [-0.2, -0.15) is 9.37 Å². The number of aryl methyl sites for hydroxylation is 1. The number of hydrogen-bond acceptors (Lipinski definition) is 4. The summed E-state index contributed by atoms with van der Waals surface area (Å²) in [6.07, 6.45) is 1.04. The molecular formula is C12H11ClFN3O. The summed E-state index contributed by atoms with van der Waals surface area (Å²) in [6, 6.07) is 5.23. The molecule has 1 N–H and O–H groups in total. The van der Waals surface area contributed by atoms with Gasteiger partial charge >= 0.3 is 0 Å². The fraction of sp³-hybridized carbons (Fsp3) is 0.167. The molecule has 0 amide bonds. The molecule has 0 bridgehead atoms. The van der Waals surface area contributed by atoms with Gasteiger partial charge in [-0.25, -0.2) is 4.98 Å². The topological polar surface area (TPSA) is 47.0 Å². The zero-order valence-corrected chi connectivity index (χ0v) is 10.6. The van der Waals surface area contributed by atoms with Gasteiger partial charge in [-0.05, 0) is 24.6 Å². The molecule has 1 aromatic carbocycles. The summed E-state index contributed by atoms with van der Waals surface area (Å²) in [6.45, 7) is 1.89. The number of anilines is 1. The van der Waals surface area contributed by atoms with Gasteiger partial charge in [-0.3, -0.25) is 0 Å². The molecule has 94 valence electrons. The Morgan fingerprint density at radius 3 is 2.89 bits per heavy atom. The number of benzene rings is 1. The third kappa shape index (κ3) is 2.68. The van der Waals surface area contributed by atoms with Crippen molar-refractivity contribution >= 4 is 17.5 Å². The van der Waals surface area contributed by atoms with Crippen LogP contribution in [0.15, 0.2) is 24.4 Å². The molecule has 4 nitrogen and oxygen atoms in total. The van der Waals surface area contributed by atoms with Crippen LogP contribution in [0.25, 0.3) is 0 Å². The van der Waals surface area contributed by atoms with Gasteiger partial charge in [0.2, 0.25) is 11.8 Å². The van der Waals surface area contributed by atoms with Crippen LogP contribution in [-0.4, -0.2) is 17.0 Å². The highest BCUT2D eigenvalue weighted by Crippen LogP contribution is 2.30. The van der Waals surface area contributed by atoms with Crippen LogP contribution >= 0.6 is 11.6 Å². The summed E-state index contributed by atoms with van der Waals surface area (Å²) in [5, 5.41) is 3.10. The average Bonchev–Trinajstić information content (AvgIpc) is 2.36. The van der Waals surface area contributed by atoms with Crippen LogP contribution in [0.4, 0.5) is 10.3 Å². The lowest BCUT2D eigenvalue weighted by Crippen LogP contribution is -2.00. The third-order valence-electron chi connectivity index (χ3n) is 2.23. The van der Waals surface area contributed by atoms with Crippen LogP contribution < -0.4 is 10.1 Å². The van der Waals surface area contributed by atoms with Gasteiger partial charge < -0.3 is 10.1 Å². The highest BCUT2D eigenvalue weighted by molar-refractivity contribution is 6.32. The van der Waals surface area contributed by atoms with Gasteiger partial charge in [0, 0.05) is 7.05 Å². The summed E-state index contributed by atoms with van der Waals surface area (Å²) < 4.78 is 18.9. The number of halogens is 2. The van der Waals surface area contributed by atoms with E-state index in [1.165, 1.54) is 0 Å². The number of hydrogen-bond donors (Lipinski definition) is 1. The first-order valence-electron chi connectivity index (χ1n) is 5.24. The quantitative estimate of drug-likeness (QED) is 0.926. The number of nitrogens with zero attached hydrogens (tertiary/aromatic N) is 2. The van der Waals surface area contributed by atoms with Crippen molar-refractivity contribution in [1.29, 1.82) is 0 Å². The molecule has 1 aromatic heterocycles. The van der Waals surface area contributed by atoms with Crippen molar-refractivity contribution in [2.45, 2.75) is 6.92 Å². The minimum Gasteiger partial charge on any atom is -0.435 e. The first kappa shape index (κ1) is 12.6. The molecule has 0 aliphatic carbocycles. The molecule has 1 heterocycles. The molecule has 18 heavy (non-hydrogen) atoms. The minimum atomic E-state index is -0.647. The van der Waals surface area contributed by atoms with Crippen LogP contribution in [0.5, 0.6) is 11.6 Å². The Morgan fingerprint density at radius 2 is 2.17 bits per heavy atom. The lowest BCUT2D eigenvalue weighted by Gasteiger charge is -2.09. The maximum Gasteiger partial charge on any atom is 0.260 e. The summed E-state index contributed by atoms with van der Waals surface area (Å²) in [5.41, 5.74) is 0.956. The molecule has 0 aliphatic heterocycles. The molecule has 0 unspecified atom stereocenters. The van der Waals surface area contributed by atoms with Gasteiger partial charge in [-0.15, -0.1) is 0 Å². The van der Waals surface area contributed by atoms with Gasteiger partial charge in [0.25, 0.3) is 5.88 Å². The molecule has 2 aromatic rings. The molecule has 0 saturated heterocycles. The van der Waals surface area contributed by atoms with Crippen LogP contribution in [0.2, 0.25) is 5.02 Å². The first-order valence-corrected chi connectivity index (χ1v) is 5.62. The van der Waals surface area contributed by atoms with E-state index in [4.69, 9.17) is 16.3 Å². The molecule has 0 saturated carbocycles. The van der Waals surface area contributed by atoms with Gasteiger partial charge in [0.1, 0.15) is 5.75 Å². The van der Waals surface area contributed by atoms with Crippen molar-refractivity contribution in [3.63, 3.8) is 0 Å². The molecular weight excluding hydrogens is 257 g/mol. The Bertz CT molecular complexity index is 577. The number of aromatic nitrogens is 2. The molecule has 0 radical (unpaired) electrons. The lowest BCUT2D eigenvalue weighted by molar-refractivity contribution is 0.420. The Morgan fingerprint density at radius 1 is 1.39 bits per heavy atom. The predicted octanol–water partition coefficient (Wildman–Crippen LogP) is 3.41. The molecule has 0 fully saturated rings. The van der Waals surface area contributed by atoms with E-state index < -0.39 is 5.82 Å². The second-order valence-corrected chi connectivity index (χ2v) is 4.04. The number of ether oxygens (including phenoxy) is 1. The SMILES string of the molecule is CNc1ncc(F)c(Oc2cc(C)ccc2Cl)n1. The monoisotopic (exact) mass is 267 g/mol. The zero-order chi connectivity index (χ0) is 13.1. The van der Waals surface area contributed by atoms with Crippen molar-refractivity contribution in [3.8, 4) is 11.6 Å². The van der Waals surface area contributed by atoms with E-state index in [1.807, 2.05) is 13.0 Å². The number of nitrogens with one attached hydrogen (secondary N) is 1. The van der Waals surface area contributed by atoms with Crippen LogP contribution in [0.3, 0.4) is 0 Å². The summed E-state index contributed by atoms with van der Waals surface area (Å²) in [7, 11) is 1.64. The van der Waals surface area contributed by atoms with E-state index in [1.54, 1.807) is 19.2 Å².